The third-order valence-electron chi connectivity index (χ3n) is 3.06. The van der Waals surface area contributed by atoms with Crippen LogP contribution in [-0.4, -0.2) is 9.97 Å². The van der Waals surface area contributed by atoms with Crippen molar-refractivity contribution in [2.24, 2.45) is 0 Å². The number of H-pyrrole nitrogens is 1. The molecule has 2 aromatic rings. The Morgan fingerprint density at radius 1 is 1.16 bits per heavy atom. The monoisotopic (exact) mass is 320 g/mol. The molecule has 19 heavy (non-hydrogen) atoms. The van der Waals surface area contributed by atoms with E-state index in [0.29, 0.717) is 5.82 Å². The number of aromatic amines is 1. The molecule has 0 atom stereocenters. The van der Waals surface area contributed by atoms with E-state index in [1.165, 1.54) is 0 Å². The first-order chi connectivity index (χ1) is 8.88. The van der Waals surface area contributed by atoms with Gasteiger partial charge < -0.3 is 4.98 Å². The van der Waals surface area contributed by atoms with Crippen LogP contribution in [0.3, 0.4) is 0 Å². The summed E-state index contributed by atoms with van der Waals surface area (Å²) < 4.78 is 1.10. The largest absolute Gasteiger partial charge is 0.307 e. The van der Waals surface area contributed by atoms with Crippen LogP contribution in [0.5, 0.6) is 0 Å². The molecular weight excluding hydrogens is 304 g/mol. The fourth-order valence-corrected chi connectivity index (χ4v) is 2.22. The zero-order valence-corrected chi connectivity index (χ0v) is 13.1. The Hall–Kier alpha value is -1.42. The number of hydrogen-bond donors (Lipinski definition) is 1. The van der Waals surface area contributed by atoms with Crippen molar-refractivity contribution in [2.45, 2.75) is 33.6 Å². The average molecular weight is 321 g/mol. The lowest BCUT2D eigenvalue weighted by Gasteiger charge is -2.10. The third-order valence-corrected chi connectivity index (χ3v) is 4.31. The standard InChI is InChI=1S/C15H17BrN2O/c1-8(2)12-7-13(19)18-15(17-12)11-5-9(3)14(16)10(4)6-11/h5-8H,1-4H3,(H,17,18,19). The van der Waals surface area contributed by atoms with E-state index < -0.39 is 0 Å². The molecule has 1 N–H and O–H groups in total. The zero-order chi connectivity index (χ0) is 14.2. The van der Waals surface area contributed by atoms with Gasteiger partial charge in [-0.1, -0.05) is 29.8 Å². The predicted molar refractivity (Wildman–Crippen MR) is 81.6 cm³/mol. The summed E-state index contributed by atoms with van der Waals surface area (Å²) in [5.41, 5.74) is 3.92. The number of rotatable bonds is 2. The highest BCUT2D eigenvalue weighted by molar-refractivity contribution is 9.10. The van der Waals surface area contributed by atoms with Crippen molar-refractivity contribution in [1.82, 2.24) is 9.97 Å². The number of aryl methyl sites for hydroxylation is 2. The highest BCUT2D eigenvalue weighted by atomic mass is 79.9. The SMILES string of the molecule is Cc1cc(-c2nc(C(C)C)cc(=O)[nH]2)cc(C)c1Br. The molecule has 0 bridgehead atoms. The number of benzene rings is 1. The molecule has 3 nitrogen and oxygen atoms in total. The minimum Gasteiger partial charge on any atom is -0.307 e. The van der Waals surface area contributed by atoms with Gasteiger partial charge in [-0.15, -0.1) is 0 Å². The van der Waals surface area contributed by atoms with Crippen molar-refractivity contribution in [3.8, 4) is 11.4 Å². The highest BCUT2D eigenvalue weighted by Gasteiger charge is 2.09. The van der Waals surface area contributed by atoms with Gasteiger partial charge in [0.25, 0.3) is 5.56 Å². The molecule has 1 aromatic carbocycles. The van der Waals surface area contributed by atoms with E-state index in [9.17, 15) is 4.79 Å². The van der Waals surface area contributed by atoms with Crippen LogP contribution in [0.1, 0.15) is 36.6 Å². The second-order valence-corrected chi connectivity index (χ2v) is 5.89. The van der Waals surface area contributed by atoms with Crippen molar-refractivity contribution >= 4 is 15.9 Å². The average Bonchev–Trinajstić information content (AvgIpc) is 2.34. The van der Waals surface area contributed by atoms with Gasteiger partial charge in [0.05, 0.1) is 5.69 Å². The fourth-order valence-electron chi connectivity index (χ4n) is 1.99. The summed E-state index contributed by atoms with van der Waals surface area (Å²) in [6, 6.07) is 5.62. The van der Waals surface area contributed by atoms with E-state index in [1.807, 2.05) is 39.8 Å². The normalized spacial score (nSPS) is 11.1. The molecule has 0 saturated carbocycles. The van der Waals surface area contributed by atoms with Crippen molar-refractivity contribution in [3.63, 3.8) is 0 Å². The Morgan fingerprint density at radius 3 is 2.26 bits per heavy atom. The molecule has 0 amide bonds. The first-order valence-electron chi connectivity index (χ1n) is 6.27. The predicted octanol–water partition coefficient (Wildman–Crippen LogP) is 3.94. The van der Waals surface area contributed by atoms with Crippen molar-refractivity contribution in [3.05, 3.63) is 49.8 Å². The number of halogens is 1. The van der Waals surface area contributed by atoms with Gasteiger partial charge in [-0.05, 0) is 43.0 Å². The lowest BCUT2D eigenvalue weighted by Crippen LogP contribution is -2.11. The van der Waals surface area contributed by atoms with Crippen LogP contribution in [0.15, 0.2) is 27.5 Å². The minimum atomic E-state index is -0.105. The summed E-state index contributed by atoms with van der Waals surface area (Å²) in [7, 11) is 0. The van der Waals surface area contributed by atoms with E-state index in [2.05, 4.69) is 25.9 Å². The van der Waals surface area contributed by atoms with Crippen LogP contribution in [0.25, 0.3) is 11.4 Å². The van der Waals surface area contributed by atoms with Gasteiger partial charge in [-0.2, -0.15) is 0 Å². The van der Waals surface area contributed by atoms with Crippen LogP contribution in [0.4, 0.5) is 0 Å². The van der Waals surface area contributed by atoms with E-state index >= 15 is 0 Å². The topological polar surface area (TPSA) is 45.8 Å². The van der Waals surface area contributed by atoms with Gasteiger partial charge >= 0.3 is 0 Å². The first kappa shape index (κ1) is 14.0. The summed E-state index contributed by atoms with van der Waals surface area (Å²) in [5.74, 6) is 0.869. The Bertz CT molecular complexity index is 651. The molecule has 0 aliphatic carbocycles. The molecule has 0 unspecified atom stereocenters. The molecule has 0 radical (unpaired) electrons. The van der Waals surface area contributed by atoms with Crippen molar-refractivity contribution in [2.75, 3.05) is 0 Å². The lowest BCUT2D eigenvalue weighted by molar-refractivity contribution is 0.812. The number of aromatic nitrogens is 2. The van der Waals surface area contributed by atoms with Gasteiger partial charge in [0.15, 0.2) is 0 Å². The van der Waals surface area contributed by atoms with E-state index in [1.54, 1.807) is 6.07 Å². The Balaban J connectivity index is 2.62. The Morgan fingerprint density at radius 2 is 1.74 bits per heavy atom. The highest BCUT2D eigenvalue weighted by Crippen LogP contribution is 2.26. The quantitative estimate of drug-likeness (QED) is 0.910. The van der Waals surface area contributed by atoms with Gasteiger partial charge in [-0.25, -0.2) is 4.98 Å². The van der Waals surface area contributed by atoms with Gasteiger partial charge in [0.1, 0.15) is 5.82 Å². The second kappa shape index (κ2) is 5.29. The van der Waals surface area contributed by atoms with Crippen LogP contribution in [0.2, 0.25) is 0 Å². The molecule has 0 spiro atoms. The van der Waals surface area contributed by atoms with Crippen LogP contribution >= 0.6 is 15.9 Å². The number of nitrogens with one attached hydrogen (secondary N) is 1. The molecule has 0 fully saturated rings. The Labute approximate surface area is 121 Å². The van der Waals surface area contributed by atoms with E-state index in [4.69, 9.17) is 0 Å². The summed E-state index contributed by atoms with van der Waals surface area (Å²) in [4.78, 5) is 19.1. The second-order valence-electron chi connectivity index (χ2n) is 5.10. The molecule has 0 aliphatic heterocycles. The van der Waals surface area contributed by atoms with Crippen molar-refractivity contribution in [1.29, 1.82) is 0 Å². The summed E-state index contributed by atoms with van der Waals surface area (Å²) in [5, 5.41) is 0. The zero-order valence-electron chi connectivity index (χ0n) is 11.5. The Kier molecular flexibility index (Phi) is 3.90. The maximum absolute atomic E-state index is 11.7. The number of hydrogen-bond acceptors (Lipinski definition) is 2. The van der Waals surface area contributed by atoms with Gasteiger partial charge in [0.2, 0.25) is 0 Å². The van der Waals surface area contributed by atoms with Gasteiger partial charge in [-0.3, -0.25) is 4.79 Å². The maximum Gasteiger partial charge on any atom is 0.251 e. The van der Waals surface area contributed by atoms with Crippen LogP contribution in [-0.2, 0) is 0 Å². The molecule has 0 saturated heterocycles. The van der Waals surface area contributed by atoms with Crippen molar-refractivity contribution < 1.29 is 0 Å². The van der Waals surface area contributed by atoms with E-state index in [-0.39, 0.29) is 11.5 Å². The molecule has 4 heteroatoms. The summed E-state index contributed by atoms with van der Waals surface area (Å²) in [6.07, 6.45) is 0. The summed E-state index contributed by atoms with van der Waals surface area (Å²) >= 11 is 3.55. The summed E-state index contributed by atoms with van der Waals surface area (Å²) in [6.45, 7) is 8.13. The maximum atomic E-state index is 11.7. The molecule has 1 aromatic heterocycles. The van der Waals surface area contributed by atoms with E-state index in [0.717, 1.165) is 26.9 Å². The van der Waals surface area contributed by atoms with Crippen LogP contribution in [0, 0.1) is 13.8 Å². The molecule has 1 heterocycles. The third kappa shape index (κ3) is 2.95. The lowest BCUT2D eigenvalue weighted by atomic mass is 10.1. The van der Waals surface area contributed by atoms with Crippen LogP contribution < -0.4 is 5.56 Å². The fraction of sp³-hybridized carbons (Fsp3) is 0.333. The molecule has 0 aliphatic rings. The molecule has 2 rings (SSSR count). The smallest absolute Gasteiger partial charge is 0.251 e. The van der Waals surface area contributed by atoms with Gasteiger partial charge in [0, 0.05) is 16.1 Å². The molecule has 100 valence electrons. The first-order valence-corrected chi connectivity index (χ1v) is 7.06. The minimum absolute atomic E-state index is 0.105. The number of nitrogens with zero attached hydrogens (tertiary/aromatic N) is 1. The molecular formula is C15H17BrN2O.